The Labute approximate surface area is 273 Å². The minimum absolute atomic E-state index is 0.0184. The summed E-state index contributed by atoms with van der Waals surface area (Å²) in [7, 11) is 0. The zero-order valence-electron chi connectivity index (χ0n) is 24.0. The van der Waals surface area contributed by atoms with Crippen molar-refractivity contribution in [1.29, 1.82) is 0 Å². The number of carbonyl (C=O) groups excluding carboxylic acids is 3. The van der Waals surface area contributed by atoms with Crippen molar-refractivity contribution in [3.8, 4) is 0 Å². The van der Waals surface area contributed by atoms with Gasteiger partial charge < -0.3 is 20.7 Å². The Bertz CT molecular complexity index is 1720. The van der Waals surface area contributed by atoms with Crippen LogP contribution in [0.3, 0.4) is 0 Å². The lowest BCUT2D eigenvalue weighted by Crippen LogP contribution is -2.40. The van der Waals surface area contributed by atoms with E-state index in [1.807, 2.05) is 0 Å². The Hall–Kier alpha value is -3.52. The zero-order valence-corrected chi connectivity index (χ0v) is 26.3. The lowest BCUT2D eigenvalue weighted by Gasteiger charge is -2.24. The molecule has 2 atom stereocenters. The van der Waals surface area contributed by atoms with Crippen LogP contribution in [0.4, 0.5) is 43.4 Å². The Morgan fingerprint density at radius 3 is 2.20 bits per heavy atom. The SMILES string of the molecule is CCOC(C)(C)C(=O)Nc1c(F)ccc(NC(=O)c2cc(NC(=O)[C@H]3[C@H](c4ccc(F)c(C(F)(F)F)c4)C3(Cl)Cl)ccc2Cl)c1F. The molecule has 46 heavy (non-hydrogen) atoms. The molecule has 1 saturated carbocycles. The van der Waals surface area contributed by atoms with Gasteiger partial charge in [-0.2, -0.15) is 13.2 Å². The number of halogens is 9. The molecule has 3 N–H and O–H groups in total. The second kappa shape index (κ2) is 12.9. The largest absolute Gasteiger partial charge is 0.419 e. The first-order valence-corrected chi connectivity index (χ1v) is 14.5. The number of benzene rings is 3. The number of nitrogens with one attached hydrogen (secondary N) is 3. The molecule has 0 spiro atoms. The number of alkyl halides is 5. The first-order chi connectivity index (χ1) is 21.3. The van der Waals surface area contributed by atoms with Gasteiger partial charge in [0.2, 0.25) is 5.91 Å². The van der Waals surface area contributed by atoms with Crippen molar-refractivity contribution < 1.29 is 45.5 Å². The van der Waals surface area contributed by atoms with Crippen molar-refractivity contribution in [1.82, 2.24) is 0 Å². The summed E-state index contributed by atoms with van der Waals surface area (Å²) in [5.74, 6) is -8.98. The van der Waals surface area contributed by atoms with Crippen molar-refractivity contribution in [3.05, 3.63) is 87.7 Å². The van der Waals surface area contributed by atoms with Gasteiger partial charge in [-0.05, 0) is 68.8 Å². The summed E-state index contributed by atoms with van der Waals surface area (Å²) in [6, 6.07) is 7.54. The molecule has 0 bridgehead atoms. The highest BCUT2D eigenvalue weighted by Crippen LogP contribution is 2.65. The molecule has 1 fully saturated rings. The standard InChI is InChI=1S/C30H24Cl3F6N3O4/c1-4-46-28(2,3)27(45)42-24-19(35)9-10-20(23(24)36)41-25(43)15-12-14(6-7-17(15)31)40-26(44)22-21(29(22,32)33)13-5-8-18(34)16(11-13)30(37,38)39/h5-12,21-22H,4H2,1-3H3,(H,40,44)(H,41,43)(H,42,45)/t21-,22+/m0/s1. The van der Waals surface area contributed by atoms with E-state index in [1.54, 1.807) is 6.92 Å². The van der Waals surface area contributed by atoms with Gasteiger partial charge in [-0.1, -0.05) is 17.7 Å². The lowest BCUT2D eigenvalue weighted by molar-refractivity contribution is -0.140. The predicted molar refractivity (Wildman–Crippen MR) is 161 cm³/mol. The third-order valence-corrected chi connectivity index (χ3v) is 8.37. The second-order valence-electron chi connectivity index (χ2n) is 10.7. The van der Waals surface area contributed by atoms with Crippen LogP contribution in [0.5, 0.6) is 0 Å². The molecule has 0 aromatic heterocycles. The van der Waals surface area contributed by atoms with E-state index in [0.717, 1.165) is 24.3 Å². The highest BCUT2D eigenvalue weighted by Gasteiger charge is 2.67. The van der Waals surface area contributed by atoms with Crippen LogP contribution in [0.1, 0.15) is 48.2 Å². The van der Waals surface area contributed by atoms with Crippen LogP contribution in [0.2, 0.25) is 5.02 Å². The fourth-order valence-electron chi connectivity index (χ4n) is 4.66. The fraction of sp³-hybridized carbons (Fsp3) is 0.300. The zero-order chi connectivity index (χ0) is 34.4. The lowest BCUT2D eigenvalue weighted by atomic mass is 10.0. The number of rotatable bonds is 9. The number of ether oxygens (including phenoxy) is 1. The summed E-state index contributed by atoms with van der Waals surface area (Å²) in [5.41, 5.74) is -4.73. The van der Waals surface area contributed by atoms with Crippen molar-refractivity contribution in [2.75, 3.05) is 22.6 Å². The van der Waals surface area contributed by atoms with E-state index >= 15 is 4.39 Å². The van der Waals surface area contributed by atoms with Crippen LogP contribution in [-0.4, -0.2) is 34.3 Å². The number of amides is 3. The third-order valence-electron chi connectivity index (χ3n) is 7.10. The predicted octanol–water partition coefficient (Wildman–Crippen LogP) is 8.31. The number of carbonyl (C=O) groups is 3. The molecule has 0 aliphatic heterocycles. The van der Waals surface area contributed by atoms with E-state index in [-0.39, 0.29) is 28.4 Å². The van der Waals surface area contributed by atoms with Crippen molar-refractivity contribution in [2.24, 2.45) is 5.92 Å². The smallest absolute Gasteiger partial charge is 0.366 e. The molecule has 3 amide bonds. The van der Waals surface area contributed by atoms with E-state index in [4.69, 9.17) is 39.5 Å². The van der Waals surface area contributed by atoms with E-state index in [2.05, 4.69) is 16.0 Å². The maximum Gasteiger partial charge on any atom is 0.419 e. The van der Waals surface area contributed by atoms with E-state index in [9.17, 15) is 36.3 Å². The second-order valence-corrected chi connectivity index (χ2v) is 12.5. The highest BCUT2D eigenvalue weighted by molar-refractivity contribution is 6.53. The van der Waals surface area contributed by atoms with Gasteiger partial charge >= 0.3 is 6.18 Å². The average molecular weight is 711 g/mol. The number of hydrogen-bond acceptors (Lipinski definition) is 4. The van der Waals surface area contributed by atoms with Crippen LogP contribution < -0.4 is 16.0 Å². The van der Waals surface area contributed by atoms with Gasteiger partial charge in [0, 0.05) is 18.2 Å². The van der Waals surface area contributed by atoms with Crippen molar-refractivity contribution in [3.63, 3.8) is 0 Å². The summed E-state index contributed by atoms with van der Waals surface area (Å²) in [5, 5.41) is 6.66. The number of hydrogen-bond donors (Lipinski definition) is 3. The molecule has 0 radical (unpaired) electrons. The maximum atomic E-state index is 15.2. The quantitative estimate of drug-likeness (QED) is 0.154. The molecule has 4 rings (SSSR count). The third kappa shape index (κ3) is 7.22. The normalized spacial score (nSPS) is 17.3. The topological polar surface area (TPSA) is 96.5 Å². The Balaban J connectivity index is 1.52. The molecule has 3 aromatic rings. The minimum atomic E-state index is -5.00. The summed E-state index contributed by atoms with van der Waals surface area (Å²) < 4.78 is 86.6. The fourth-order valence-corrected chi connectivity index (χ4v) is 5.69. The molecule has 3 aromatic carbocycles. The van der Waals surface area contributed by atoms with Crippen LogP contribution in [0, 0.1) is 23.4 Å². The molecule has 1 aliphatic carbocycles. The summed E-state index contributed by atoms with van der Waals surface area (Å²) in [6.45, 7) is 4.58. The van der Waals surface area contributed by atoms with Crippen LogP contribution in [0.15, 0.2) is 48.5 Å². The van der Waals surface area contributed by atoms with Gasteiger partial charge in [0.15, 0.2) is 5.82 Å². The van der Waals surface area contributed by atoms with Gasteiger partial charge in [-0.15, -0.1) is 23.2 Å². The van der Waals surface area contributed by atoms with Crippen molar-refractivity contribution in [2.45, 2.75) is 42.8 Å². The van der Waals surface area contributed by atoms with Gasteiger partial charge in [0.1, 0.15) is 27.3 Å². The van der Waals surface area contributed by atoms with Crippen LogP contribution in [0.25, 0.3) is 0 Å². The first-order valence-electron chi connectivity index (χ1n) is 13.4. The molecular weight excluding hydrogens is 687 g/mol. The van der Waals surface area contributed by atoms with Gasteiger partial charge in [0.25, 0.3) is 11.8 Å². The summed E-state index contributed by atoms with van der Waals surface area (Å²) in [4.78, 5) is 38.7. The monoisotopic (exact) mass is 709 g/mol. The summed E-state index contributed by atoms with van der Waals surface area (Å²) >= 11 is 18.6. The van der Waals surface area contributed by atoms with Crippen molar-refractivity contribution >= 4 is 69.6 Å². The first kappa shape index (κ1) is 35.3. The molecule has 0 saturated heterocycles. The van der Waals surface area contributed by atoms with Gasteiger partial charge in [-0.3, -0.25) is 14.4 Å². The average Bonchev–Trinajstić information content (AvgIpc) is 3.54. The molecule has 1 aliphatic rings. The Morgan fingerprint density at radius 2 is 1.57 bits per heavy atom. The number of anilines is 3. The van der Waals surface area contributed by atoms with E-state index in [0.29, 0.717) is 12.1 Å². The molecule has 0 unspecified atom stereocenters. The minimum Gasteiger partial charge on any atom is -0.366 e. The maximum absolute atomic E-state index is 15.2. The van der Waals surface area contributed by atoms with Crippen LogP contribution in [-0.2, 0) is 20.5 Å². The molecule has 16 heteroatoms. The van der Waals surface area contributed by atoms with Gasteiger partial charge in [-0.25, -0.2) is 13.2 Å². The molecule has 0 heterocycles. The Kier molecular flexibility index (Phi) is 9.94. The van der Waals surface area contributed by atoms with E-state index < -0.39 is 80.1 Å². The highest BCUT2D eigenvalue weighted by atomic mass is 35.5. The molecule has 246 valence electrons. The van der Waals surface area contributed by atoms with Gasteiger partial charge in [0.05, 0.1) is 27.8 Å². The van der Waals surface area contributed by atoms with Crippen LogP contribution >= 0.6 is 34.8 Å². The molecule has 7 nitrogen and oxygen atoms in total. The molecular formula is C30H24Cl3F6N3O4. The van der Waals surface area contributed by atoms with E-state index in [1.165, 1.54) is 26.0 Å². The summed E-state index contributed by atoms with van der Waals surface area (Å²) in [6.07, 6.45) is -5.00. The Morgan fingerprint density at radius 1 is 0.913 bits per heavy atom.